The van der Waals surface area contributed by atoms with Crippen LogP contribution in [0.4, 0.5) is 0 Å². The number of hydrogen-bond donors (Lipinski definition) is 1. The van der Waals surface area contributed by atoms with Crippen molar-refractivity contribution >= 4 is 10.0 Å². The molecule has 0 aromatic rings. The van der Waals surface area contributed by atoms with Gasteiger partial charge in [-0.05, 0) is 41.0 Å². The van der Waals surface area contributed by atoms with Gasteiger partial charge in [-0.25, -0.2) is 8.42 Å². The molecule has 2 N–H and O–H groups in total. The van der Waals surface area contributed by atoms with Gasteiger partial charge >= 0.3 is 0 Å². The topological polar surface area (TPSA) is 63.4 Å². The number of nitrogens with zero attached hydrogens (tertiary/aromatic N) is 1. The van der Waals surface area contributed by atoms with Crippen LogP contribution in [0.5, 0.6) is 0 Å². The molecule has 1 atom stereocenters. The Bertz CT molecular complexity index is 341. The molecule has 0 radical (unpaired) electrons. The zero-order chi connectivity index (χ0) is 12.1. The highest BCUT2D eigenvalue weighted by Crippen LogP contribution is 2.34. The van der Waals surface area contributed by atoms with Crippen LogP contribution in [0, 0.1) is 0 Å². The zero-order valence-electron chi connectivity index (χ0n) is 10.2. The summed E-state index contributed by atoms with van der Waals surface area (Å²) >= 11 is 0. The summed E-state index contributed by atoms with van der Waals surface area (Å²) in [5.41, 5.74) is 5.47. The highest BCUT2D eigenvalue weighted by atomic mass is 32.2. The maximum Gasteiger partial charge on any atom is 0.219 e. The van der Waals surface area contributed by atoms with Gasteiger partial charge < -0.3 is 5.73 Å². The van der Waals surface area contributed by atoms with Crippen LogP contribution in [0.15, 0.2) is 0 Å². The molecule has 1 unspecified atom stereocenters. The highest BCUT2D eigenvalue weighted by molar-refractivity contribution is 7.90. The summed E-state index contributed by atoms with van der Waals surface area (Å²) in [4.78, 5) is 0. The van der Waals surface area contributed by atoms with Gasteiger partial charge in [-0.3, -0.25) is 0 Å². The molecular formula is C10H22N2O2S. The second-order valence-electron chi connectivity index (χ2n) is 5.74. The maximum absolute atomic E-state index is 12.3. The summed E-state index contributed by atoms with van der Waals surface area (Å²) in [6.45, 7) is 9.50. The molecule has 1 rings (SSSR count). The van der Waals surface area contributed by atoms with E-state index in [-0.39, 0.29) is 6.04 Å². The fourth-order valence-corrected chi connectivity index (χ4v) is 3.60. The lowest BCUT2D eigenvalue weighted by Gasteiger charge is -2.37. The quantitative estimate of drug-likeness (QED) is 0.734. The van der Waals surface area contributed by atoms with E-state index in [9.17, 15) is 8.42 Å². The predicted octanol–water partition coefficient (Wildman–Crippen LogP) is 0.926. The van der Waals surface area contributed by atoms with E-state index in [2.05, 4.69) is 0 Å². The van der Waals surface area contributed by atoms with Crippen molar-refractivity contribution in [2.45, 2.75) is 57.4 Å². The smallest absolute Gasteiger partial charge is 0.219 e. The summed E-state index contributed by atoms with van der Waals surface area (Å²) in [7, 11) is -3.26. The molecule has 90 valence electrons. The lowest BCUT2D eigenvalue weighted by atomic mass is 9.98. The second kappa shape index (κ2) is 3.43. The normalized spacial score (nSPS) is 28.3. The Morgan fingerprint density at radius 1 is 1.33 bits per heavy atom. The van der Waals surface area contributed by atoms with Crippen LogP contribution in [0.2, 0.25) is 0 Å². The third kappa shape index (κ3) is 1.92. The van der Waals surface area contributed by atoms with Crippen LogP contribution < -0.4 is 5.73 Å². The molecule has 0 aromatic carbocycles. The molecule has 1 aliphatic heterocycles. The van der Waals surface area contributed by atoms with E-state index in [4.69, 9.17) is 5.73 Å². The van der Waals surface area contributed by atoms with E-state index in [0.29, 0.717) is 6.54 Å². The molecule has 0 bridgehead atoms. The molecular weight excluding hydrogens is 212 g/mol. The average molecular weight is 234 g/mol. The first kappa shape index (κ1) is 12.9. The highest BCUT2D eigenvalue weighted by Gasteiger charge is 2.49. The first-order chi connectivity index (χ1) is 6.51. The minimum Gasteiger partial charge on any atom is -0.326 e. The SMILES string of the molecule is CC1(C)C(N)CCN1S(=O)(=O)C(C)(C)C. The van der Waals surface area contributed by atoms with Gasteiger partial charge in [0.2, 0.25) is 10.0 Å². The second-order valence-corrected chi connectivity index (χ2v) is 8.35. The number of sulfonamides is 1. The zero-order valence-corrected chi connectivity index (χ0v) is 11.1. The Kier molecular flexibility index (Phi) is 2.96. The average Bonchev–Trinajstić information content (AvgIpc) is 2.25. The minimum absolute atomic E-state index is 0.0744. The number of rotatable bonds is 1. The Balaban J connectivity index is 3.12. The summed E-state index contributed by atoms with van der Waals surface area (Å²) in [5, 5.41) is 0. The van der Waals surface area contributed by atoms with Gasteiger partial charge in [-0.1, -0.05) is 0 Å². The van der Waals surface area contributed by atoms with Gasteiger partial charge in [0, 0.05) is 18.1 Å². The molecule has 1 saturated heterocycles. The van der Waals surface area contributed by atoms with E-state index in [1.54, 1.807) is 25.1 Å². The Labute approximate surface area is 92.9 Å². The molecule has 0 aliphatic carbocycles. The molecule has 1 heterocycles. The van der Waals surface area contributed by atoms with E-state index in [1.165, 1.54) is 0 Å². The summed E-state index contributed by atoms with van der Waals surface area (Å²) in [6.07, 6.45) is 0.738. The van der Waals surface area contributed by atoms with Crippen molar-refractivity contribution in [1.29, 1.82) is 0 Å². The van der Waals surface area contributed by atoms with Crippen LogP contribution in [0.3, 0.4) is 0 Å². The summed E-state index contributed by atoms with van der Waals surface area (Å²) in [6, 6.07) is -0.0744. The van der Waals surface area contributed by atoms with Crippen molar-refractivity contribution in [3.05, 3.63) is 0 Å². The van der Waals surface area contributed by atoms with E-state index >= 15 is 0 Å². The third-order valence-corrected chi connectivity index (χ3v) is 6.04. The van der Waals surface area contributed by atoms with E-state index in [0.717, 1.165) is 6.42 Å². The molecule has 4 nitrogen and oxygen atoms in total. The van der Waals surface area contributed by atoms with Crippen LogP contribution in [-0.4, -0.2) is 35.6 Å². The molecule has 0 spiro atoms. The van der Waals surface area contributed by atoms with Gasteiger partial charge in [0.1, 0.15) is 0 Å². The summed E-state index contributed by atoms with van der Waals surface area (Å²) in [5.74, 6) is 0. The van der Waals surface area contributed by atoms with Gasteiger partial charge in [0.25, 0.3) is 0 Å². The minimum atomic E-state index is -3.26. The Morgan fingerprint density at radius 2 is 1.80 bits per heavy atom. The molecule has 0 amide bonds. The first-order valence-electron chi connectivity index (χ1n) is 5.29. The fraction of sp³-hybridized carbons (Fsp3) is 1.00. The van der Waals surface area contributed by atoms with E-state index < -0.39 is 20.3 Å². The van der Waals surface area contributed by atoms with Crippen molar-refractivity contribution in [3.8, 4) is 0 Å². The van der Waals surface area contributed by atoms with Crippen LogP contribution in [0.1, 0.15) is 41.0 Å². The number of hydrogen-bond acceptors (Lipinski definition) is 3. The van der Waals surface area contributed by atoms with Gasteiger partial charge in [0.05, 0.1) is 4.75 Å². The fourth-order valence-electron chi connectivity index (χ4n) is 1.84. The van der Waals surface area contributed by atoms with Crippen molar-refractivity contribution < 1.29 is 8.42 Å². The van der Waals surface area contributed by atoms with Gasteiger partial charge in [-0.2, -0.15) is 4.31 Å². The van der Waals surface area contributed by atoms with Crippen LogP contribution in [0.25, 0.3) is 0 Å². The molecule has 5 heteroatoms. The first-order valence-corrected chi connectivity index (χ1v) is 6.73. The molecule has 0 saturated carbocycles. The van der Waals surface area contributed by atoms with Crippen molar-refractivity contribution in [2.24, 2.45) is 5.73 Å². The van der Waals surface area contributed by atoms with Crippen molar-refractivity contribution in [1.82, 2.24) is 4.31 Å². The lowest BCUT2D eigenvalue weighted by molar-refractivity contribution is 0.264. The van der Waals surface area contributed by atoms with E-state index in [1.807, 2.05) is 13.8 Å². The standard InChI is InChI=1S/C10H22N2O2S/c1-9(2,3)15(13,14)12-7-6-8(11)10(12,4)5/h8H,6-7,11H2,1-5H3. The van der Waals surface area contributed by atoms with Crippen LogP contribution in [-0.2, 0) is 10.0 Å². The van der Waals surface area contributed by atoms with Crippen molar-refractivity contribution in [3.63, 3.8) is 0 Å². The largest absolute Gasteiger partial charge is 0.326 e. The molecule has 0 aromatic heterocycles. The van der Waals surface area contributed by atoms with Crippen molar-refractivity contribution in [2.75, 3.05) is 6.54 Å². The number of nitrogens with two attached hydrogens (primary N) is 1. The Hall–Kier alpha value is -0.130. The predicted molar refractivity (Wildman–Crippen MR) is 62.1 cm³/mol. The molecule has 1 fully saturated rings. The monoisotopic (exact) mass is 234 g/mol. The Morgan fingerprint density at radius 3 is 2.07 bits per heavy atom. The lowest BCUT2D eigenvalue weighted by Crippen LogP contribution is -2.54. The third-order valence-electron chi connectivity index (χ3n) is 3.26. The summed E-state index contributed by atoms with van der Waals surface area (Å²) < 4.78 is 25.4. The van der Waals surface area contributed by atoms with Gasteiger partial charge in [-0.15, -0.1) is 0 Å². The van der Waals surface area contributed by atoms with Crippen LogP contribution >= 0.6 is 0 Å². The maximum atomic E-state index is 12.3. The molecule has 15 heavy (non-hydrogen) atoms. The van der Waals surface area contributed by atoms with Gasteiger partial charge in [0.15, 0.2) is 0 Å². The molecule has 1 aliphatic rings.